The first-order chi connectivity index (χ1) is 10.8. The lowest BCUT2D eigenvalue weighted by atomic mass is 9.78. The number of pyridine rings is 2. The molecule has 4 heterocycles. The van der Waals surface area contributed by atoms with Crippen LogP contribution in [0.1, 0.15) is 19.3 Å². The summed E-state index contributed by atoms with van der Waals surface area (Å²) in [6.45, 7) is 4.59. The number of ether oxygens (including phenoxy) is 1. The van der Waals surface area contributed by atoms with Crippen LogP contribution in [0.4, 0.5) is 5.69 Å². The largest absolute Gasteiger partial charge is 0.479 e. The van der Waals surface area contributed by atoms with Gasteiger partial charge in [-0.2, -0.15) is 0 Å². The first-order valence-corrected chi connectivity index (χ1v) is 8.05. The van der Waals surface area contributed by atoms with Gasteiger partial charge in [-0.3, -0.25) is 4.98 Å². The van der Waals surface area contributed by atoms with Crippen LogP contribution in [0.25, 0.3) is 10.9 Å². The first-order valence-electron chi connectivity index (χ1n) is 8.05. The van der Waals surface area contributed by atoms with E-state index in [-0.39, 0.29) is 0 Å². The average Bonchev–Trinajstić information content (AvgIpc) is 2.97. The lowest BCUT2D eigenvalue weighted by Gasteiger charge is -2.34. The molecule has 0 unspecified atom stereocenters. The van der Waals surface area contributed by atoms with Crippen LogP contribution in [0.15, 0.2) is 24.5 Å². The highest BCUT2D eigenvalue weighted by Gasteiger charge is 2.39. The zero-order valence-corrected chi connectivity index (χ0v) is 13.0. The van der Waals surface area contributed by atoms with E-state index in [2.05, 4.69) is 26.3 Å². The van der Waals surface area contributed by atoms with Crippen LogP contribution in [0.3, 0.4) is 0 Å². The Morgan fingerprint density at radius 3 is 2.77 bits per heavy atom. The van der Waals surface area contributed by atoms with E-state index in [0.717, 1.165) is 37.1 Å². The third kappa shape index (κ3) is 2.20. The SMILES string of the molecule is COc1nccc2c(N3CCC4(CCNCC4)C3)ccnc12. The summed E-state index contributed by atoms with van der Waals surface area (Å²) in [5, 5.41) is 4.62. The maximum absolute atomic E-state index is 5.35. The highest BCUT2D eigenvalue weighted by atomic mass is 16.5. The highest BCUT2D eigenvalue weighted by molar-refractivity contribution is 5.94. The van der Waals surface area contributed by atoms with Crippen LogP contribution in [0, 0.1) is 5.41 Å². The fraction of sp³-hybridized carbons (Fsp3) is 0.529. The summed E-state index contributed by atoms with van der Waals surface area (Å²) in [6.07, 6.45) is 7.55. The minimum absolute atomic E-state index is 0.498. The summed E-state index contributed by atoms with van der Waals surface area (Å²) in [5.41, 5.74) is 2.62. The zero-order chi connectivity index (χ0) is 15.0. The molecule has 4 rings (SSSR count). The van der Waals surface area contributed by atoms with E-state index in [1.165, 1.54) is 24.9 Å². The maximum atomic E-state index is 5.35. The Morgan fingerprint density at radius 2 is 1.95 bits per heavy atom. The number of aromatic nitrogens is 2. The number of hydrogen-bond acceptors (Lipinski definition) is 5. The molecule has 1 N–H and O–H groups in total. The second kappa shape index (κ2) is 5.39. The van der Waals surface area contributed by atoms with Gasteiger partial charge in [0, 0.05) is 36.6 Å². The monoisotopic (exact) mass is 298 g/mol. The third-order valence-electron chi connectivity index (χ3n) is 5.24. The number of fused-ring (bicyclic) bond motifs is 1. The van der Waals surface area contributed by atoms with Crippen molar-refractivity contribution in [2.45, 2.75) is 19.3 Å². The third-order valence-corrected chi connectivity index (χ3v) is 5.24. The maximum Gasteiger partial charge on any atom is 0.240 e. The van der Waals surface area contributed by atoms with Gasteiger partial charge in [0.05, 0.1) is 7.11 Å². The normalized spacial score (nSPS) is 20.7. The summed E-state index contributed by atoms with van der Waals surface area (Å²) in [4.78, 5) is 11.3. The lowest BCUT2D eigenvalue weighted by Crippen LogP contribution is -2.38. The molecule has 0 bridgehead atoms. The van der Waals surface area contributed by atoms with Gasteiger partial charge in [-0.1, -0.05) is 0 Å². The van der Waals surface area contributed by atoms with Crippen LogP contribution < -0.4 is 15.0 Å². The van der Waals surface area contributed by atoms with Crippen molar-refractivity contribution in [1.29, 1.82) is 0 Å². The Labute approximate surface area is 130 Å². The van der Waals surface area contributed by atoms with E-state index < -0.39 is 0 Å². The van der Waals surface area contributed by atoms with Crippen molar-refractivity contribution in [2.24, 2.45) is 5.41 Å². The molecular formula is C17H22N4O. The highest BCUT2D eigenvalue weighted by Crippen LogP contribution is 2.42. The molecule has 0 saturated carbocycles. The van der Waals surface area contributed by atoms with Gasteiger partial charge in [0.1, 0.15) is 5.52 Å². The fourth-order valence-corrected chi connectivity index (χ4v) is 3.97. The number of methoxy groups -OCH3 is 1. The molecule has 5 heteroatoms. The number of hydrogen-bond donors (Lipinski definition) is 1. The van der Waals surface area contributed by atoms with Crippen molar-refractivity contribution in [3.05, 3.63) is 24.5 Å². The molecule has 2 aromatic rings. The second-order valence-electron chi connectivity index (χ2n) is 6.47. The van der Waals surface area contributed by atoms with E-state index in [0.29, 0.717) is 11.3 Å². The molecule has 0 amide bonds. The topological polar surface area (TPSA) is 50.3 Å². The molecule has 0 aromatic carbocycles. The summed E-state index contributed by atoms with van der Waals surface area (Å²) in [7, 11) is 1.65. The quantitative estimate of drug-likeness (QED) is 0.921. The van der Waals surface area contributed by atoms with Gasteiger partial charge in [-0.25, -0.2) is 4.98 Å². The van der Waals surface area contributed by atoms with Crippen molar-refractivity contribution >= 4 is 16.6 Å². The molecule has 2 saturated heterocycles. The number of nitrogens with one attached hydrogen (secondary N) is 1. The van der Waals surface area contributed by atoms with Gasteiger partial charge in [0.2, 0.25) is 5.88 Å². The summed E-state index contributed by atoms with van der Waals surface area (Å²) in [5.74, 6) is 0.607. The summed E-state index contributed by atoms with van der Waals surface area (Å²) < 4.78 is 5.35. The van der Waals surface area contributed by atoms with Gasteiger partial charge in [-0.15, -0.1) is 0 Å². The van der Waals surface area contributed by atoms with Crippen LogP contribution in [-0.2, 0) is 0 Å². The van der Waals surface area contributed by atoms with Gasteiger partial charge in [-0.05, 0) is 49.9 Å². The Kier molecular flexibility index (Phi) is 3.37. The summed E-state index contributed by atoms with van der Waals surface area (Å²) >= 11 is 0. The molecule has 5 nitrogen and oxygen atoms in total. The molecular weight excluding hydrogens is 276 g/mol. The van der Waals surface area contributed by atoms with Gasteiger partial charge in [0.25, 0.3) is 0 Å². The smallest absolute Gasteiger partial charge is 0.240 e. The lowest BCUT2D eigenvalue weighted by molar-refractivity contribution is 0.232. The number of nitrogens with zero attached hydrogens (tertiary/aromatic N) is 3. The van der Waals surface area contributed by atoms with Crippen LogP contribution >= 0.6 is 0 Å². The predicted molar refractivity (Wildman–Crippen MR) is 87.5 cm³/mol. The van der Waals surface area contributed by atoms with Crippen molar-refractivity contribution < 1.29 is 4.74 Å². The molecule has 2 aliphatic rings. The van der Waals surface area contributed by atoms with Crippen LogP contribution in [-0.4, -0.2) is 43.3 Å². The molecule has 116 valence electrons. The van der Waals surface area contributed by atoms with E-state index >= 15 is 0 Å². The molecule has 0 aliphatic carbocycles. The van der Waals surface area contributed by atoms with Crippen LogP contribution in [0.2, 0.25) is 0 Å². The van der Waals surface area contributed by atoms with Gasteiger partial charge >= 0.3 is 0 Å². The minimum Gasteiger partial charge on any atom is -0.479 e. The van der Waals surface area contributed by atoms with Gasteiger partial charge < -0.3 is 15.0 Å². The van der Waals surface area contributed by atoms with E-state index in [1.54, 1.807) is 7.11 Å². The number of rotatable bonds is 2. The van der Waals surface area contributed by atoms with E-state index in [4.69, 9.17) is 4.74 Å². The van der Waals surface area contributed by atoms with Crippen LogP contribution in [0.5, 0.6) is 5.88 Å². The van der Waals surface area contributed by atoms with E-state index in [9.17, 15) is 0 Å². The summed E-state index contributed by atoms with van der Waals surface area (Å²) in [6, 6.07) is 4.18. The number of piperidine rings is 1. The Morgan fingerprint density at radius 1 is 1.14 bits per heavy atom. The van der Waals surface area contributed by atoms with Crippen molar-refractivity contribution in [2.75, 3.05) is 38.2 Å². The van der Waals surface area contributed by atoms with Crippen molar-refractivity contribution in [3.8, 4) is 5.88 Å². The second-order valence-corrected chi connectivity index (χ2v) is 6.47. The van der Waals surface area contributed by atoms with Crippen molar-refractivity contribution in [1.82, 2.24) is 15.3 Å². The molecule has 2 fully saturated rings. The molecule has 0 radical (unpaired) electrons. The molecule has 2 aromatic heterocycles. The Bertz CT molecular complexity index is 681. The predicted octanol–water partition coefficient (Wildman–Crippen LogP) is 2.22. The standard InChI is InChI=1S/C17H22N4O/c1-22-16-15-13(2-7-20-16)14(3-8-19-15)21-11-6-17(12-21)4-9-18-10-5-17/h2-3,7-8,18H,4-6,9-12H2,1H3. The zero-order valence-electron chi connectivity index (χ0n) is 13.0. The fourth-order valence-electron chi connectivity index (χ4n) is 3.97. The molecule has 1 spiro atoms. The first kappa shape index (κ1) is 13.8. The molecule has 22 heavy (non-hydrogen) atoms. The van der Waals surface area contributed by atoms with Crippen molar-refractivity contribution in [3.63, 3.8) is 0 Å². The van der Waals surface area contributed by atoms with E-state index in [1.807, 2.05) is 18.5 Å². The number of anilines is 1. The molecule has 0 atom stereocenters. The Hall–Kier alpha value is -1.88. The van der Waals surface area contributed by atoms with Gasteiger partial charge in [0.15, 0.2) is 0 Å². The minimum atomic E-state index is 0.498. The average molecular weight is 298 g/mol. The Balaban J connectivity index is 1.70. The molecule has 2 aliphatic heterocycles.